The van der Waals surface area contributed by atoms with Gasteiger partial charge in [-0.1, -0.05) is 23.2 Å². The van der Waals surface area contributed by atoms with E-state index in [9.17, 15) is 4.79 Å². The van der Waals surface area contributed by atoms with E-state index < -0.39 is 0 Å². The molecule has 1 amide bonds. The molecule has 0 bridgehead atoms. The molecule has 0 aliphatic heterocycles. The molecule has 1 aromatic heterocycles. The summed E-state index contributed by atoms with van der Waals surface area (Å²) in [7, 11) is 0. The van der Waals surface area contributed by atoms with Crippen molar-refractivity contribution in [2.75, 3.05) is 11.1 Å². The molecule has 3 nitrogen and oxygen atoms in total. The van der Waals surface area contributed by atoms with Crippen LogP contribution in [0.3, 0.4) is 0 Å². The second kappa shape index (κ2) is 6.87. The first-order chi connectivity index (χ1) is 10.6. The van der Waals surface area contributed by atoms with Crippen molar-refractivity contribution in [1.82, 2.24) is 4.98 Å². The number of anilines is 1. The van der Waals surface area contributed by atoms with Gasteiger partial charge in [-0.25, -0.2) is 4.98 Å². The number of rotatable bonds is 4. The first kappa shape index (κ1) is 15.6. The topological polar surface area (TPSA) is 42.0 Å². The maximum Gasteiger partial charge on any atom is 0.234 e. The standard InChI is InChI=1S/C15H10Cl2N2OS2/c16-9-1-3-10(4-2-9)21-7-13(20)19-12-6-5-11(17)14-15(12)22-8-18-14/h1-6,8H,7H2,(H,19,20). The average molecular weight is 369 g/mol. The smallest absolute Gasteiger partial charge is 0.234 e. The molecule has 0 fully saturated rings. The summed E-state index contributed by atoms with van der Waals surface area (Å²) in [6.45, 7) is 0. The number of nitrogens with one attached hydrogen (secondary N) is 1. The Kier molecular flexibility index (Phi) is 4.88. The zero-order valence-corrected chi connectivity index (χ0v) is 14.3. The van der Waals surface area contributed by atoms with Crippen molar-refractivity contribution < 1.29 is 4.79 Å². The van der Waals surface area contributed by atoms with E-state index in [1.807, 2.05) is 24.3 Å². The molecule has 112 valence electrons. The molecule has 3 aromatic rings. The molecule has 3 rings (SSSR count). The van der Waals surface area contributed by atoms with Crippen LogP contribution in [0, 0.1) is 0 Å². The largest absolute Gasteiger partial charge is 0.324 e. The second-order valence-corrected chi connectivity index (χ2v) is 7.16. The molecule has 22 heavy (non-hydrogen) atoms. The fourth-order valence-electron chi connectivity index (χ4n) is 1.88. The summed E-state index contributed by atoms with van der Waals surface area (Å²) >= 11 is 14.8. The zero-order valence-electron chi connectivity index (χ0n) is 11.2. The molecule has 2 aromatic carbocycles. The van der Waals surface area contributed by atoms with Gasteiger partial charge in [0.05, 0.1) is 26.7 Å². The minimum absolute atomic E-state index is 0.0722. The molecule has 0 radical (unpaired) electrons. The summed E-state index contributed by atoms with van der Waals surface area (Å²) in [5.74, 6) is 0.252. The SMILES string of the molecule is O=C(CSc1ccc(Cl)cc1)Nc1ccc(Cl)c2ncsc12. The highest BCUT2D eigenvalue weighted by Gasteiger charge is 2.10. The second-order valence-electron chi connectivity index (χ2n) is 4.42. The molecule has 0 unspecified atom stereocenters. The lowest BCUT2D eigenvalue weighted by Crippen LogP contribution is -2.14. The van der Waals surface area contributed by atoms with Gasteiger partial charge in [0.25, 0.3) is 0 Å². The maximum absolute atomic E-state index is 12.1. The van der Waals surface area contributed by atoms with E-state index in [1.54, 1.807) is 17.6 Å². The van der Waals surface area contributed by atoms with Crippen molar-refractivity contribution in [2.45, 2.75) is 4.90 Å². The van der Waals surface area contributed by atoms with Gasteiger partial charge in [0.15, 0.2) is 0 Å². The fourth-order valence-corrected chi connectivity index (χ4v) is 3.75. The quantitative estimate of drug-likeness (QED) is 0.632. The maximum atomic E-state index is 12.1. The molecule has 1 heterocycles. The van der Waals surface area contributed by atoms with E-state index in [0.717, 1.165) is 20.8 Å². The van der Waals surface area contributed by atoms with E-state index in [1.165, 1.54) is 23.1 Å². The summed E-state index contributed by atoms with van der Waals surface area (Å²) in [5.41, 5.74) is 3.17. The normalized spacial score (nSPS) is 10.8. The number of thiazole rings is 1. The van der Waals surface area contributed by atoms with Crippen LogP contribution in [0.25, 0.3) is 10.2 Å². The minimum Gasteiger partial charge on any atom is -0.324 e. The molecular weight excluding hydrogens is 359 g/mol. The number of aromatic nitrogens is 1. The Morgan fingerprint density at radius 3 is 2.73 bits per heavy atom. The van der Waals surface area contributed by atoms with Crippen molar-refractivity contribution in [3.8, 4) is 0 Å². The highest BCUT2D eigenvalue weighted by molar-refractivity contribution is 8.00. The number of fused-ring (bicyclic) bond motifs is 1. The van der Waals surface area contributed by atoms with Crippen LogP contribution in [0.15, 0.2) is 46.8 Å². The van der Waals surface area contributed by atoms with Gasteiger partial charge in [0.1, 0.15) is 5.52 Å². The molecular formula is C15H10Cl2N2OS2. The van der Waals surface area contributed by atoms with E-state index >= 15 is 0 Å². The van der Waals surface area contributed by atoms with Crippen LogP contribution in [0.1, 0.15) is 0 Å². The Morgan fingerprint density at radius 2 is 1.95 bits per heavy atom. The van der Waals surface area contributed by atoms with Gasteiger partial charge in [-0.3, -0.25) is 4.79 Å². The average Bonchev–Trinajstić information content (AvgIpc) is 3.00. The van der Waals surface area contributed by atoms with Gasteiger partial charge in [0.2, 0.25) is 5.91 Å². The third-order valence-corrected chi connectivity index (χ3v) is 5.32. The summed E-state index contributed by atoms with van der Waals surface area (Å²) in [6.07, 6.45) is 0. The Labute approximate surface area is 145 Å². The molecule has 0 saturated heterocycles. The summed E-state index contributed by atoms with van der Waals surface area (Å²) in [6, 6.07) is 10.9. The number of carbonyl (C=O) groups is 1. The third-order valence-electron chi connectivity index (χ3n) is 2.89. The molecule has 7 heteroatoms. The molecule has 0 aliphatic carbocycles. The van der Waals surface area contributed by atoms with Gasteiger partial charge in [-0.2, -0.15) is 0 Å². The van der Waals surface area contributed by atoms with Crippen molar-refractivity contribution in [2.24, 2.45) is 0 Å². The van der Waals surface area contributed by atoms with Gasteiger partial charge < -0.3 is 5.32 Å². The van der Waals surface area contributed by atoms with Gasteiger partial charge in [0, 0.05) is 9.92 Å². The van der Waals surface area contributed by atoms with E-state index in [2.05, 4.69) is 10.3 Å². The molecule has 0 saturated carbocycles. The molecule has 0 atom stereocenters. The number of nitrogens with zero attached hydrogens (tertiary/aromatic N) is 1. The lowest BCUT2D eigenvalue weighted by molar-refractivity contribution is -0.113. The fraction of sp³-hybridized carbons (Fsp3) is 0.0667. The lowest BCUT2D eigenvalue weighted by atomic mass is 10.3. The van der Waals surface area contributed by atoms with Crippen LogP contribution in [-0.2, 0) is 4.79 Å². The third kappa shape index (κ3) is 3.55. The Balaban J connectivity index is 1.67. The van der Waals surface area contributed by atoms with Crippen LogP contribution in [-0.4, -0.2) is 16.6 Å². The molecule has 0 aliphatic rings. The zero-order chi connectivity index (χ0) is 15.5. The van der Waals surface area contributed by atoms with Crippen LogP contribution in [0.5, 0.6) is 0 Å². The highest BCUT2D eigenvalue weighted by atomic mass is 35.5. The van der Waals surface area contributed by atoms with Crippen LogP contribution in [0.2, 0.25) is 10.0 Å². The monoisotopic (exact) mass is 368 g/mol. The number of hydrogen-bond acceptors (Lipinski definition) is 4. The predicted octanol–water partition coefficient (Wildman–Crippen LogP) is 5.33. The van der Waals surface area contributed by atoms with Crippen molar-refractivity contribution in [3.05, 3.63) is 52.0 Å². The summed E-state index contributed by atoms with van der Waals surface area (Å²) < 4.78 is 0.886. The molecule has 1 N–H and O–H groups in total. The van der Waals surface area contributed by atoms with Crippen molar-refractivity contribution in [3.63, 3.8) is 0 Å². The molecule has 0 spiro atoms. The Hall–Kier alpha value is -1.27. The number of hydrogen-bond donors (Lipinski definition) is 1. The first-order valence-electron chi connectivity index (χ1n) is 6.33. The lowest BCUT2D eigenvalue weighted by Gasteiger charge is -2.07. The van der Waals surface area contributed by atoms with Gasteiger partial charge >= 0.3 is 0 Å². The summed E-state index contributed by atoms with van der Waals surface area (Å²) in [5, 5.41) is 4.18. The Bertz CT molecular complexity index is 818. The number of halogens is 2. The summed E-state index contributed by atoms with van der Waals surface area (Å²) in [4.78, 5) is 17.3. The van der Waals surface area contributed by atoms with E-state index in [0.29, 0.717) is 15.8 Å². The predicted molar refractivity (Wildman–Crippen MR) is 95.4 cm³/mol. The van der Waals surface area contributed by atoms with Crippen LogP contribution in [0.4, 0.5) is 5.69 Å². The number of carbonyl (C=O) groups excluding carboxylic acids is 1. The number of thioether (sulfide) groups is 1. The first-order valence-corrected chi connectivity index (χ1v) is 8.95. The van der Waals surface area contributed by atoms with Crippen LogP contribution < -0.4 is 5.32 Å². The van der Waals surface area contributed by atoms with Crippen molar-refractivity contribution in [1.29, 1.82) is 0 Å². The number of benzene rings is 2. The van der Waals surface area contributed by atoms with E-state index in [4.69, 9.17) is 23.2 Å². The highest BCUT2D eigenvalue weighted by Crippen LogP contribution is 2.32. The van der Waals surface area contributed by atoms with E-state index in [-0.39, 0.29) is 5.91 Å². The van der Waals surface area contributed by atoms with Crippen molar-refractivity contribution >= 4 is 68.1 Å². The minimum atomic E-state index is -0.0722. The van der Waals surface area contributed by atoms with Gasteiger partial charge in [-0.15, -0.1) is 23.1 Å². The number of amides is 1. The van der Waals surface area contributed by atoms with Gasteiger partial charge in [-0.05, 0) is 36.4 Å². The van der Waals surface area contributed by atoms with Crippen LogP contribution >= 0.6 is 46.3 Å². The Morgan fingerprint density at radius 1 is 1.18 bits per heavy atom.